The van der Waals surface area contributed by atoms with Crippen LogP contribution in [-0.2, 0) is 9.53 Å². The maximum atomic E-state index is 10.8. The molecule has 0 N–H and O–H groups in total. The summed E-state index contributed by atoms with van der Waals surface area (Å²) in [5.41, 5.74) is -0.327. The molecule has 0 fully saturated rings. The molecule has 0 aromatic heterocycles. The minimum Gasteiger partial charge on any atom is -0.460 e. The highest BCUT2D eigenvalue weighted by Crippen LogP contribution is 2.08. The lowest BCUT2D eigenvalue weighted by Gasteiger charge is -2.18. The van der Waals surface area contributed by atoms with Crippen molar-refractivity contribution in [2.75, 3.05) is 0 Å². The number of hydrogen-bond acceptors (Lipinski definition) is 2. The van der Waals surface area contributed by atoms with E-state index in [4.69, 9.17) is 4.74 Å². The van der Waals surface area contributed by atoms with Crippen LogP contribution >= 0.6 is 0 Å². The zero-order chi connectivity index (χ0) is 8.20. The Morgan fingerprint density at radius 2 is 1.90 bits per heavy atom. The van der Waals surface area contributed by atoms with Crippen molar-refractivity contribution in [2.24, 2.45) is 0 Å². The van der Waals surface area contributed by atoms with Gasteiger partial charge in [0.2, 0.25) is 0 Å². The molecule has 0 aromatic carbocycles. The van der Waals surface area contributed by atoms with Gasteiger partial charge in [0.1, 0.15) is 5.60 Å². The van der Waals surface area contributed by atoms with Crippen molar-refractivity contribution in [3.8, 4) is 0 Å². The van der Waals surface area contributed by atoms with Crippen molar-refractivity contribution in [3.05, 3.63) is 0 Å². The van der Waals surface area contributed by atoms with Crippen LogP contribution in [0.2, 0.25) is 0 Å². The third-order valence-corrected chi connectivity index (χ3v) is 0.874. The van der Waals surface area contributed by atoms with Gasteiger partial charge in [-0.3, -0.25) is 4.79 Å². The van der Waals surface area contributed by atoms with Gasteiger partial charge in [0.25, 0.3) is 0 Å². The number of carbonyl (C=O) groups is 1. The summed E-state index contributed by atoms with van der Waals surface area (Å²) in [6.07, 6.45) is 1.38. The average molecular weight is 146 g/mol. The molecule has 0 amide bonds. The van der Waals surface area contributed by atoms with Crippen LogP contribution in [0.1, 0.15) is 40.5 Å². The Labute approximate surface area is 62.6 Å². The molecule has 0 spiro atoms. The van der Waals surface area contributed by atoms with Crippen LogP contribution in [0.5, 0.6) is 0 Å². The summed E-state index contributed by atoms with van der Waals surface area (Å²) in [6.45, 7) is 7.59. The van der Waals surface area contributed by atoms with E-state index in [1.807, 2.05) is 27.7 Å². The van der Waals surface area contributed by atoms with Gasteiger partial charge in [-0.1, -0.05) is 6.92 Å². The Morgan fingerprint density at radius 1 is 1.40 bits per heavy atom. The molecular weight excluding hydrogens is 130 g/mol. The average Bonchev–Trinajstić information content (AvgIpc) is 1.59. The van der Waals surface area contributed by atoms with Crippen LogP contribution in [-0.4, -0.2) is 11.6 Å². The minimum atomic E-state index is -0.327. The fourth-order valence-corrected chi connectivity index (χ4v) is 0.597. The van der Waals surface area contributed by atoms with Gasteiger partial charge in [-0.15, -0.1) is 0 Å². The molecule has 60 valence electrons. The Balaban J connectivity index is 3.58. The first-order chi connectivity index (χ1) is 4.45. The molecule has 0 radical (unpaired) electrons. The van der Waals surface area contributed by atoms with Crippen LogP contribution in [0.25, 0.3) is 0 Å². The van der Waals surface area contributed by atoms with Crippen LogP contribution in [0.4, 0.5) is 0 Å². The topological polar surface area (TPSA) is 26.3 Å². The van der Waals surface area contributed by atoms with E-state index in [1.165, 1.54) is 0 Å². The van der Waals surface area contributed by atoms with E-state index < -0.39 is 0 Å². The highest BCUT2D eigenvalue weighted by atomic mass is 18.1. The first-order valence-electron chi connectivity index (χ1n) is 3.67. The van der Waals surface area contributed by atoms with Crippen molar-refractivity contribution in [1.29, 1.82) is 0 Å². The van der Waals surface area contributed by atoms with E-state index in [1.54, 1.807) is 0 Å². The van der Waals surface area contributed by atoms with Crippen LogP contribution in [0.15, 0.2) is 0 Å². The molecule has 0 aliphatic heterocycles. The fourth-order valence-electron chi connectivity index (χ4n) is 0.597. The van der Waals surface area contributed by atoms with Crippen LogP contribution in [0.3, 0.4) is 0 Å². The second-order valence-corrected chi connectivity index (χ2v) is 3.34. The van der Waals surface area contributed by atoms with Crippen molar-refractivity contribution in [2.45, 2.75) is 46.1 Å². The second-order valence-electron chi connectivity index (χ2n) is 3.34. The van der Waals surface area contributed by atoms with Gasteiger partial charge < -0.3 is 4.74 Å². The lowest BCUT2D eigenvalue weighted by Crippen LogP contribution is -2.23. The number of rotatable bonds is 2. The van der Waals surface area contributed by atoms with Gasteiger partial charge in [0.05, 0.1) is 0 Å². The van der Waals surface area contributed by atoms with E-state index in [2.05, 4.69) is 0 Å². The molecule has 0 saturated carbocycles. The molecule has 10 heavy (non-hydrogen) atoms. The molecule has 0 bridgehead atoms. The molecule has 0 aromatic rings. The van der Waals surface area contributed by atoms with Crippen LogP contribution < -0.4 is 0 Å². The van der Waals surface area contributed by atoms with E-state index in [-0.39, 0.29) is 11.6 Å². The van der Waals surface area contributed by atoms with E-state index in [9.17, 15) is 4.79 Å². The van der Waals surface area contributed by atoms with Gasteiger partial charge >= 0.3 is 5.97 Å². The van der Waals surface area contributed by atoms with Crippen molar-refractivity contribution < 1.29 is 9.53 Å². The molecule has 2 heteroatoms. The lowest BCUT2D eigenvalue weighted by atomic mass is 10.2. The predicted octanol–water partition coefficient (Wildman–Crippen LogP) is 2.13. The first-order valence-corrected chi connectivity index (χ1v) is 3.67. The number of ether oxygens (including phenoxy) is 1. The number of hydrogen-bond donors (Lipinski definition) is 0. The molecule has 0 atom stereocenters. The van der Waals surface area contributed by atoms with Gasteiger partial charge in [0.15, 0.2) is 0 Å². The van der Waals surface area contributed by atoms with Crippen LogP contribution in [0, 0.1) is 0 Å². The molecule has 0 saturated heterocycles. The van der Waals surface area contributed by atoms with E-state index in [0.717, 1.165) is 6.42 Å². The third-order valence-electron chi connectivity index (χ3n) is 0.874. The second kappa shape index (κ2) is 3.59. The molecule has 0 rings (SSSR count). The van der Waals surface area contributed by atoms with Gasteiger partial charge in [-0.2, -0.15) is 0 Å². The highest BCUT2D eigenvalue weighted by Gasteiger charge is 2.14. The molecule has 0 heterocycles. The maximum absolute atomic E-state index is 10.8. The molecule has 0 aliphatic rings. The Bertz CT molecular complexity index is 111. The lowest BCUT2D eigenvalue weighted by molar-refractivity contribution is -0.154. The van der Waals surface area contributed by atoms with Crippen molar-refractivity contribution >= 4 is 5.97 Å². The quantitative estimate of drug-likeness (QED) is 0.440. The minimum absolute atomic E-state index is 0.102. The standard InChI is InChI=1S/C8H16O2/c1-5-6-7(9)10-8(2,3)4/h5-6H2,1-4H3/i9+2. The largest absolute Gasteiger partial charge is 0.460 e. The Kier molecular flexibility index (Phi) is 3.40. The molecular formula is C8H16O2. The number of carbonyl (C=O) groups excluding carboxylic acids is 1. The molecule has 0 unspecified atom stereocenters. The summed E-state index contributed by atoms with van der Waals surface area (Å²) < 4.78 is 5.04. The maximum Gasteiger partial charge on any atom is 0.306 e. The van der Waals surface area contributed by atoms with Gasteiger partial charge in [-0.05, 0) is 27.2 Å². The third kappa shape index (κ3) is 5.60. The molecule has 0 aliphatic carbocycles. The summed E-state index contributed by atoms with van der Waals surface area (Å²) in [5.74, 6) is -0.102. The van der Waals surface area contributed by atoms with Gasteiger partial charge in [0, 0.05) is 6.42 Å². The first kappa shape index (κ1) is 9.47. The monoisotopic (exact) mass is 146 g/mol. The summed E-state index contributed by atoms with van der Waals surface area (Å²) in [4.78, 5) is 10.8. The summed E-state index contributed by atoms with van der Waals surface area (Å²) in [7, 11) is 0. The zero-order valence-corrected chi connectivity index (χ0v) is 7.23. The summed E-state index contributed by atoms with van der Waals surface area (Å²) in [5, 5.41) is 0. The zero-order valence-electron chi connectivity index (χ0n) is 7.23. The van der Waals surface area contributed by atoms with Crippen molar-refractivity contribution in [1.82, 2.24) is 0 Å². The smallest absolute Gasteiger partial charge is 0.306 e. The van der Waals surface area contributed by atoms with Crippen molar-refractivity contribution in [3.63, 3.8) is 0 Å². The Morgan fingerprint density at radius 3 is 2.20 bits per heavy atom. The SMILES string of the molecule is CCCC(=[18O])OC(C)(C)C. The summed E-state index contributed by atoms with van der Waals surface area (Å²) in [6, 6.07) is 0. The normalized spacial score (nSPS) is 11.2. The van der Waals surface area contributed by atoms with E-state index >= 15 is 0 Å². The number of esters is 1. The highest BCUT2D eigenvalue weighted by molar-refractivity contribution is 5.69. The van der Waals surface area contributed by atoms with E-state index in [0.29, 0.717) is 6.42 Å². The fraction of sp³-hybridized carbons (Fsp3) is 0.875. The summed E-state index contributed by atoms with van der Waals surface area (Å²) >= 11 is 0. The molecule has 2 nitrogen and oxygen atoms in total. The Hall–Kier alpha value is -0.530. The predicted molar refractivity (Wildman–Crippen MR) is 40.8 cm³/mol. The van der Waals surface area contributed by atoms with Gasteiger partial charge in [-0.25, -0.2) is 0 Å².